The number of anilines is 1. The van der Waals surface area contributed by atoms with Crippen LogP contribution in [0.5, 0.6) is 5.75 Å². The summed E-state index contributed by atoms with van der Waals surface area (Å²) in [6.07, 6.45) is 3.76. The number of aromatic nitrogens is 4. The summed E-state index contributed by atoms with van der Waals surface area (Å²) in [5, 5.41) is 15.5. The molecule has 0 radical (unpaired) electrons. The molecule has 0 aliphatic carbocycles. The van der Waals surface area contributed by atoms with Gasteiger partial charge < -0.3 is 24.2 Å². The molecule has 6 bridgehead atoms. The zero-order valence-corrected chi connectivity index (χ0v) is 27.8. The molecule has 2 unspecified atom stereocenters. The number of hydrogen-bond acceptors (Lipinski definition) is 9. The minimum Gasteiger partial charge on any atom is -0.489 e. The fourth-order valence-electron chi connectivity index (χ4n) is 6.35. The fourth-order valence-corrected chi connectivity index (χ4v) is 6.35. The third kappa shape index (κ3) is 6.58. The van der Waals surface area contributed by atoms with Crippen molar-refractivity contribution in [2.45, 2.75) is 77.8 Å². The lowest BCUT2D eigenvalue weighted by atomic mass is 9.92. The van der Waals surface area contributed by atoms with Crippen LogP contribution in [0, 0.1) is 6.92 Å². The normalized spacial score (nSPS) is 21.7. The summed E-state index contributed by atoms with van der Waals surface area (Å²) >= 11 is 0. The Bertz CT molecular complexity index is 1740. The van der Waals surface area contributed by atoms with Gasteiger partial charge in [-0.25, -0.2) is 9.78 Å². The Balaban J connectivity index is 1.54. The largest absolute Gasteiger partial charge is 0.489 e. The molecule has 1 aromatic carbocycles. The minimum atomic E-state index is -1.23. The van der Waals surface area contributed by atoms with Gasteiger partial charge in [0.15, 0.2) is 11.8 Å². The van der Waals surface area contributed by atoms with Gasteiger partial charge in [0.05, 0.1) is 29.2 Å². The highest BCUT2D eigenvalue weighted by molar-refractivity contribution is 5.80. The first-order valence-corrected chi connectivity index (χ1v) is 15.9. The van der Waals surface area contributed by atoms with Gasteiger partial charge in [-0.15, -0.1) is 0 Å². The second-order valence-corrected chi connectivity index (χ2v) is 13.8. The van der Waals surface area contributed by atoms with Gasteiger partial charge in [0.25, 0.3) is 0 Å². The van der Waals surface area contributed by atoms with Crippen LogP contribution < -0.4 is 9.64 Å². The molecule has 1 fully saturated rings. The SMILES string of the molecule is Cc1nc2cc3nn2c(c1C(OC(C)(C)C)C(=O)O)N1CCC(C)(CC1)OCN(C)CC(C)Oc1ccncc1-c1cccc-3c1. The molecule has 0 spiro atoms. The van der Waals surface area contributed by atoms with Crippen molar-refractivity contribution in [1.29, 1.82) is 0 Å². The van der Waals surface area contributed by atoms with Gasteiger partial charge in [0.2, 0.25) is 0 Å². The van der Waals surface area contributed by atoms with Crippen molar-refractivity contribution in [1.82, 2.24) is 24.5 Å². The summed E-state index contributed by atoms with van der Waals surface area (Å²) in [6.45, 7) is 14.1. The number of aryl methyl sites for hydroxylation is 1. The van der Waals surface area contributed by atoms with Gasteiger partial charge in [-0.1, -0.05) is 18.2 Å². The van der Waals surface area contributed by atoms with Crippen LogP contribution in [0.4, 0.5) is 5.82 Å². The Hall–Kier alpha value is -4.06. The molecule has 3 aliphatic heterocycles. The number of piperidine rings is 1. The number of aliphatic carboxylic acids is 1. The van der Waals surface area contributed by atoms with Crippen LogP contribution in [0.2, 0.25) is 0 Å². The maximum absolute atomic E-state index is 12.8. The number of rotatable bonds is 3. The average Bonchev–Trinajstić information content (AvgIpc) is 3.42. The number of pyridine rings is 1. The minimum absolute atomic E-state index is 0.0875. The molecule has 3 aliphatic rings. The molecular formula is C35H44N6O5. The zero-order valence-electron chi connectivity index (χ0n) is 27.8. The topological polar surface area (TPSA) is 115 Å². The summed E-state index contributed by atoms with van der Waals surface area (Å²) in [7, 11) is 2.04. The third-order valence-electron chi connectivity index (χ3n) is 8.66. The van der Waals surface area contributed by atoms with Gasteiger partial charge in [-0.2, -0.15) is 9.61 Å². The number of hydrogen-bond donors (Lipinski definition) is 1. The fraction of sp³-hybridized carbons (Fsp3) is 0.486. The van der Waals surface area contributed by atoms with Crippen molar-refractivity contribution in [3.05, 3.63) is 60.0 Å². The summed E-state index contributed by atoms with van der Waals surface area (Å²) in [6, 6.07) is 12.0. The van der Waals surface area contributed by atoms with E-state index in [2.05, 4.69) is 34.7 Å². The number of likely N-dealkylation sites (N-methyl/N-ethyl adjacent to an activating group) is 1. The number of carbonyl (C=O) groups is 1. The van der Waals surface area contributed by atoms with E-state index in [1.807, 2.05) is 71.3 Å². The van der Waals surface area contributed by atoms with Crippen LogP contribution in [-0.4, -0.2) is 86.3 Å². The number of benzene rings is 1. The van der Waals surface area contributed by atoms with Gasteiger partial charge in [-0.3, -0.25) is 9.88 Å². The van der Waals surface area contributed by atoms with Crippen molar-refractivity contribution in [2.75, 3.05) is 38.3 Å². The first-order chi connectivity index (χ1) is 21.8. The smallest absolute Gasteiger partial charge is 0.337 e. The molecule has 0 saturated carbocycles. The Kier molecular flexibility index (Phi) is 8.51. The Morgan fingerprint density at radius 3 is 2.61 bits per heavy atom. The Morgan fingerprint density at radius 2 is 1.89 bits per heavy atom. The monoisotopic (exact) mass is 628 g/mol. The number of carboxylic acid groups (broad SMARTS) is 1. The van der Waals surface area contributed by atoms with Crippen molar-refractivity contribution in [3.8, 4) is 28.1 Å². The molecule has 11 nitrogen and oxygen atoms in total. The van der Waals surface area contributed by atoms with E-state index in [-0.39, 0.29) is 11.7 Å². The Morgan fingerprint density at radius 1 is 1.15 bits per heavy atom. The van der Waals surface area contributed by atoms with E-state index in [4.69, 9.17) is 24.3 Å². The predicted octanol–water partition coefficient (Wildman–Crippen LogP) is 5.75. The molecule has 1 saturated heterocycles. The molecule has 0 amide bonds. The third-order valence-corrected chi connectivity index (χ3v) is 8.66. The predicted molar refractivity (Wildman–Crippen MR) is 176 cm³/mol. The van der Waals surface area contributed by atoms with Crippen molar-refractivity contribution in [3.63, 3.8) is 0 Å². The molecule has 11 heteroatoms. The summed E-state index contributed by atoms with van der Waals surface area (Å²) in [5.74, 6) is 0.376. The number of ether oxygens (including phenoxy) is 3. The maximum Gasteiger partial charge on any atom is 0.337 e. The van der Waals surface area contributed by atoms with Crippen molar-refractivity contribution >= 4 is 17.4 Å². The lowest BCUT2D eigenvalue weighted by Crippen LogP contribution is -2.47. The molecule has 46 heavy (non-hydrogen) atoms. The number of fused-ring (bicyclic) bond motifs is 7. The van der Waals surface area contributed by atoms with Crippen LogP contribution in [0.3, 0.4) is 0 Å². The summed E-state index contributed by atoms with van der Waals surface area (Å²) < 4.78 is 21.0. The van der Waals surface area contributed by atoms with E-state index in [0.29, 0.717) is 49.1 Å². The molecular weight excluding hydrogens is 584 g/mol. The maximum atomic E-state index is 12.8. The van der Waals surface area contributed by atoms with E-state index in [1.54, 1.807) is 10.7 Å². The summed E-state index contributed by atoms with van der Waals surface area (Å²) in [4.78, 5) is 26.4. The van der Waals surface area contributed by atoms with E-state index in [1.165, 1.54) is 0 Å². The molecule has 4 aromatic rings. The number of carboxylic acids is 1. The van der Waals surface area contributed by atoms with Crippen LogP contribution in [0.25, 0.3) is 28.0 Å². The first-order valence-electron chi connectivity index (χ1n) is 15.9. The molecule has 3 aromatic heterocycles. The Labute approximate surface area is 270 Å². The number of nitrogens with zero attached hydrogens (tertiary/aromatic N) is 6. The molecule has 244 valence electrons. The molecule has 7 rings (SSSR count). The molecule has 6 heterocycles. The molecule has 1 N–H and O–H groups in total. The van der Waals surface area contributed by atoms with Crippen LogP contribution in [0.1, 0.15) is 64.8 Å². The average molecular weight is 629 g/mol. The first kappa shape index (κ1) is 31.9. The lowest BCUT2D eigenvalue weighted by molar-refractivity contribution is -0.160. The second kappa shape index (κ2) is 12.3. The molecule has 2 atom stereocenters. The van der Waals surface area contributed by atoms with Crippen molar-refractivity contribution in [2.24, 2.45) is 0 Å². The van der Waals surface area contributed by atoms with Crippen molar-refractivity contribution < 1.29 is 24.1 Å². The highest BCUT2D eigenvalue weighted by Crippen LogP contribution is 2.39. The lowest BCUT2D eigenvalue weighted by Gasteiger charge is -2.42. The van der Waals surface area contributed by atoms with Gasteiger partial charge >= 0.3 is 5.97 Å². The van der Waals surface area contributed by atoms with E-state index < -0.39 is 17.7 Å². The van der Waals surface area contributed by atoms with E-state index in [0.717, 1.165) is 41.0 Å². The van der Waals surface area contributed by atoms with Gasteiger partial charge in [0, 0.05) is 54.9 Å². The van der Waals surface area contributed by atoms with Crippen LogP contribution >= 0.6 is 0 Å². The zero-order chi connectivity index (χ0) is 32.8. The second-order valence-electron chi connectivity index (χ2n) is 13.8. The quantitative estimate of drug-likeness (QED) is 0.301. The van der Waals surface area contributed by atoms with Gasteiger partial charge in [-0.05, 0) is 79.1 Å². The van der Waals surface area contributed by atoms with E-state index in [9.17, 15) is 9.90 Å². The standard InChI is InChI=1S/C35H44N6O5/c1-22-20-39(7)21-44-35(6)12-15-40(16-13-35)32-30(31(33(42)43)46-34(3,4)5)23(2)37-29-18-27(38-41(29)32)25-10-8-9-24(17-25)26-19-36-14-11-28(26)45-22/h8-11,14,17-19,22,31H,12-13,15-16,20-21H2,1-7H3,(H,42,43). The van der Waals surface area contributed by atoms with E-state index >= 15 is 0 Å². The highest BCUT2D eigenvalue weighted by Gasteiger charge is 2.38. The van der Waals surface area contributed by atoms with Crippen LogP contribution in [-0.2, 0) is 14.3 Å². The highest BCUT2D eigenvalue weighted by atomic mass is 16.5. The van der Waals surface area contributed by atoms with Crippen LogP contribution in [0.15, 0.2) is 48.8 Å². The van der Waals surface area contributed by atoms with Gasteiger partial charge in [0.1, 0.15) is 17.7 Å². The summed E-state index contributed by atoms with van der Waals surface area (Å²) in [5.41, 5.74) is 4.15.